The van der Waals surface area contributed by atoms with Crippen LogP contribution in [0.25, 0.3) is 0 Å². The van der Waals surface area contributed by atoms with Crippen LogP contribution in [0.1, 0.15) is 46.0 Å². The van der Waals surface area contributed by atoms with Crippen LogP contribution < -0.4 is 5.32 Å². The molecule has 1 saturated heterocycles. The highest BCUT2D eigenvalue weighted by atomic mass is 16.4. The summed E-state index contributed by atoms with van der Waals surface area (Å²) in [6, 6.07) is -1.16. The first-order valence-electron chi connectivity index (χ1n) is 7.26. The Morgan fingerprint density at radius 2 is 1.85 bits per heavy atom. The van der Waals surface area contributed by atoms with Gasteiger partial charge in [-0.25, -0.2) is 9.59 Å². The predicted octanol–water partition coefficient (Wildman–Crippen LogP) is 1.18. The van der Waals surface area contributed by atoms with Crippen LogP contribution in [0.15, 0.2) is 0 Å². The Hall–Kier alpha value is -1.30. The number of carbonyl (C=O) groups is 2. The van der Waals surface area contributed by atoms with Crippen molar-refractivity contribution in [3.05, 3.63) is 0 Å². The van der Waals surface area contributed by atoms with E-state index in [0.29, 0.717) is 5.41 Å². The smallest absolute Gasteiger partial charge is 0.326 e. The number of hydrogen-bond acceptors (Lipinski definition) is 3. The van der Waals surface area contributed by atoms with Crippen molar-refractivity contribution in [2.75, 3.05) is 6.54 Å². The van der Waals surface area contributed by atoms with Crippen LogP contribution in [-0.2, 0) is 4.79 Å². The first kappa shape index (κ1) is 15.1. The van der Waals surface area contributed by atoms with E-state index in [0.717, 1.165) is 25.7 Å². The molecule has 0 spiro atoms. The lowest BCUT2D eigenvalue weighted by Crippen LogP contribution is -2.50. The van der Waals surface area contributed by atoms with Gasteiger partial charge in [-0.05, 0) is 31.1 Å². The Bertz CT molecular complexity index is 387. The van der Waals surface area contributed by atoms with Crippen LogP contribution in [0.5, 0.6) is 0 Å². The number of aliphatic hydroxyl groups excluding tert-OH is 1. The van der Waals surface area contributed by atoms with Crippen molar-refractivity contribution in [2.24, 2.45) is 5.41 Å². The molecule has 0 bridgehead atoms. The number of carboxylic acid groups (broad SMARTS) is 1. The lowest BCUT2D eigenvalue weighted by molar-refractivity contribution is -0.141. The lowest BCUT2D eigenvalue weighted by atomic mass is 9.75. The van der Waals surface area contributed by atoms with Gasteiger partial charge in [-0.2, -0.15) is 0 Å². The summed E-state index contributed by atoms with van der Waals surface area (Å²) >= 11 is 0. The molecule has 1 aliphatic carbocycles. The summed E-state index contributed by atoms with van der Waals surface area (Å²) in [6.45, 7) is 4.55. The van der Waals surface area contributed by atoms with Crippen LogP contribution in [-0.4, -0.2) is 51.8 Å². The highest BCUT2D eigenvalue weighted by Crippen LogP contribution is 2.35. The maximum absolute atomic E-state index is 12.2. The van der Waals surface area contributed by atoms with Gasteiger partial charge in [0.15, 0.2) is 0 Å². The van der Waals surface area contributed by atoms with Gasteiger partial charge in [0, 0.05) is 19.0 Å². The summed E-state index contributed by atoms with van der Waals surface area (Å²) in [7, 11) is 0. The van der Waals surface area contributed by atoms with Gasteiger partial charge in [0.1, 0.15) is 6.04 Å². The van der Waals surface area contributed by atoms with Gasteiger partial charge >= 0.3 is 12.0 Å². The van der Waals surface area contributed by atoms with Gasteiger partial charge in [0.05, 0.1) is 6.10 Å². The minimum Gasteiger partial charge on any atom is -0.480 e. The second kappa shape index (κ2) is 5.60. The molecule has 0 aromatic carbocycles. The van der Waals surface area contributed by atoms with Crippen molar-refractivity contribution in [3.8, 4) is 0 Å². The SMILES string of the molecule is CC1(C)CCC(NC(=O)N2CC(O)CC2C(=O)O)CC1. The van der Waals surface area contributed by atoms with Gasteiger partial charge in [0.2, 0.25) is 0 Å². The summed E-state index contributed by atoms with van der Waals surface area (Å²) in [5.74, 6) is -1.05. The Balaban J connectivity index is 1.90. The molecule has 2 rings (SSSR count). The predicted molar refractivity (Wildman–Crippen MR) is 73.3 cm³/mol. The normalized spacial score (nSPS) is 30.2. The number of hydrogen-bond donors (Lipinski definition) is 3. The van der Waals surface area contributed by atoms with Crippen molar-refractivity contribution < 1.29 is 19.8 Å². The van der Waals surface area contributed by atoms with Gasteiger partial charge in [-0.1, -0.05) is 13.8 Å². The minimum absolute atomic E-state index is 0.0982. The third-order valence-electron chi connectivity index (χ3n) is 4.49. The van der Waals surface area contributed by atoms with Crippen molar-refractivity contribution in [1.29, 1.82) is 0 Å². The summed E-state index contributed by atoms with van der Waals surface area (Å²) in [6.07, 6.45) is 3.33. The number of carboxylic acids is 1. The van der Waals surface area contributed by atoms with Crippen LogP contribution in [0.4, 0.5) is 4.79 Å². The Morgan fingerprint density at radius 3 is 2.40 bits per heavy atom. The van der Waals surface area contributed by atoms with Crippen molar-refractivity contribution in [3.63, 3.8) is 0 Å². The topological polar surface area (TPSA) is 89.9 Å². The lowest BCUT2D eigenvalue weighted by Gasteiger charge is -2.35. The fourth-order valence-corrected chi connectivity index (χ4v) is 3.07. The third-order valence-corrected chi connectivity index (χ3v) is 4.49. The van der Waals surface area contributed by atoms with Crippen LogP contribution >= 0.6 is 0 Å². The summed E-state index contributed by atoms with van der Waals surface area (Å²) in [4.78, 5) is 24.5. The van der Waals surface area contributed by atoms with Crippen molar-refractivity contribution in [2.45, 2.75) is 64.1 Å². The monoisotopic (exact) mass is 284 g/mol. The largest absolute Gasteiger partial charge is 0.480 e. The minimum atomic E-state index is -1.05. The zero-order valence-corrected chi connectivity index (χ0v) is 12.1. The van der Waals surface area contributed by atoms with Gasteiger partial charge in [-0.15, -0.1) is 0 Å². The molecular weight excluding hydrogens is 260 g/mol. The number of rotatable bonds is 2. The van der Waals surface area contributed by atoms with Crippen LogP contribution in [0.2, 0.25) is 0 Å². The molecule has 0 radical (unpaired) electrons. The molecule has 1 aliphatic heterocycles. The van der Waals surface area contributed by atoms with Crippen molar-refractivity contribution >= 4 is 12.0 Å². The summed E-state index contributed by atoms with van der Waals surface area (Å²) < 4.78 is 0. The van der Waals surface area contributed by atoms with Crippen LogP contribution in [0, 0.1) is 5.41 Å². The number of urea groups is 1. The molecule has 1 heterocycles. The summed E-state index contributed by atoms with van der Waals surface area (Å²) in [5.41, 5.74) is 0.328. The molecule has 2 unspecified atom stereocenters. The van der Waals surface area contributed by atoms with E-state index in [1.165, 1.54) is 4.90 Å². The van der Waals surface area contributed by atoms with E-state index in [1.807, 2.05) is 0 Å². The fraction of sp³-hybridized carbons (Fsp3) is 0.857. The number of nitrogens with one attached hydrogen (secondary N) is 1. The second-order valence-electron chi connectivity index (χ2n) is 6.78. The standard InChI is InChI=1S/C14H24N2O4/c1-14(2)5-3-9(4-6-14)15-13(20)16-8-10(17)7-11(16)12(18)19/h9-11,17H,3-8H2,1-2H3,(H,15,20)(H,18,19). The number of amides is 2. The van der Waals surface area contributed by atoms with E-state index in [4.69, 9.17) is 5.11 Å². The molecule has 6 nitrogen and oxygen atoms in total. The first-order valence-corrected chi connectivity index (χ1v) is 7.26. The Labute approximate surface area is 119 Å². The summed E-state index contributed by atoms with van der Waals surface area (Å²) in [5, 5.41) is 21.6. The molecule has 6 heteroatoms. The number of likely N-dealkylation sites (tertiary alicyclic amines) is 1. The van der Waals surface area contributed by atoms with Crippen molar-refractivity contribution in [1.82, 2.24) is 10.2 Å². The van der Waals surface area contributed by atoms with E-state index in [9.17, 15) is 14.7 Å². The maximum Gasteiger partial charge on any atom is 0.326 e. The highest BCUT2D eigenvalue weighted by Gasteiger charge is 2.39. The number of β-amino-alcohol motifs (C(OH)–C–C–N with tert-alkyl or cyclic N) is 1. The number of aliphatic hydroxyl groups is 1. The quantitative estimate of drug-likeness (QED) is 0.710. The molecule has 2 amide bonds. The fourth-order valence-electron chi connectivity index (χ4n) is 3.07. The maximum atomic E-state index is 12.2. The van der Waals surface area contributed by atoms with E-state index >= 15 is 0 Å². The molecule has 2 atom stereocenters. The van der Waals surface area contributed by atoms with Gasteiger partial charge < -0.3 is 20.4 Å². The molecule has 20 heavy (non-hydrogen) atoms. The third kappa shape index (κ3) is 3.42. The Morgan fingerprint density at radius 1 is 1.25 bits per heavy atom. The van der Waals surface area contributed by atoms with E-state index in [1.54, 1.807) is 0 Å². The molecule has 114 valence electrons. The molecule has 2 aliphatic rings. The molecule has 1 saturated carbocycles. The zero-order valence-electron chi connectivity index (χ0n) is 12.1. The first-order chi connectivity index (χ1) is 9.28. The molecule has 2 fully saturated rings. The molecular formula is C14H24N2O4. The molecule has 0 aromatic rings. The number of carbonyl (C=O) groups excluding carboxylic acids is 1. The number of aliphatic carboxylic acids is 1. The second-order valence-corrected chi connectivity index (χ2v) is 6.78. The average molecular weight is 284 g/mol. The molecule has 3 N–H and O–H groups in total. The van der Waals surface area contributed by atoms with E-state index in [2.05, 4.69) is 19.2 Å². The van der Waals surface area contributed by atoms with E-state index in [-0.39, 0.29) is 25.0 Å². The van der Waals surface area contributed by atoms with Crippen LogP contribution in [0.3, 0.4) is 0 Å². The zero-order chi connectivity index (χ0) is 14.9. The highest BCUT2D eigenvalue weighted by molar-refractivity contribution is 5.83. The molecule has 0 aromatic heterocycles. The van der Waals surface area contributed by atoms with Gasteiger partial charge in [0.25, 0.3) is 0 Å². The number of nitrogens with zero attached hydrogens (tertiary/aromatic N) is 1. The Kier molecular flexibility index (Phi) is 4.22. The van der Waals surface area contributed by atoms with Gasteiger partial charge in [-0.3, -0.25) is 0 Å². The van der Waals surface area contributed by atoms with E-state index < -0.39 is 18.1 Å². The average Bonchev–Trinajstić information content (AvgIpc) is 2.74.